The first kappa shape index (κ1) is 21.0. The van der Waals surface area contributed by atoms with Crippen LogP contribution in [0.2, 0.25) is 0 Å². The van der Waals surface area contributed by atoms with Crippen molar-refractivity contribution in [2.24, 2.45) is 0 Å². The van der Waals surface area contributed by atoms with Gasteiger partial charge in [0.2, 0.25) is 11.8 Å². The molecule has 0 saturated carbocycles. The number of amides is 3. The van der Waals surface area contributed by atoms with Gasteiger partial charge in [-0.05, 0) is 32.4 Å². The first-order valence-corrected chi connectivity index (χ1v) is 10.5. The van der Waals surface area contributed by atoms with E-state index in [0.29, 0.717) is 24.3 Å². The number of nitrogens with one attached hydrogen (secondary N) is 2. The summed E-state index contributed by atoms with van der Waals surface area (Å²) < 4.78 is 5.23. The molecule has 1 aromatic carbocycles. The zero-order chi connectivity index (χ0) is 22.0. The van der Waals surface area contributed by atoms with Crippen molar-refractivity contribution in [1.29, 1.82) is 0 Å². The molecule has 31 heavy (non-hydrogen) atoms. The fourth-order valence-corrected chi connectivity index (χ4v) is 4.05. The van der Waals surface area contributed by atoms with Gasteiger partial charge in [0, 0.05) is 44.7 Å². The van der Waals surface area contributed by atoms with E-state index in [9.17, 15) is 14.4 Å². The van der Waals surface area contributed by atoms with Crippen LogP contribution in [0.1, 0.15) is 40.2 Å². The van der Waals surface area contributed by atoms with Crippen LogP contribution in [0.4, 0.5) is 5.69 Å². The Labute approximate surface area is 180 Å². The summed E-state index contributed by atoms with van der Waals surface area (Å²) >= 11 is 0. The number of piperazine rings is 1. The predicted octanol–water partition coefficient (Wildman–Crippen LogP) is 1.47. The number of benzene rings is 1. The molecule has 3 amide bonds. The zero-order valence-electron chi connectivity index (χ0n) is 17.8. The topological polar surface area (TPSA) is 108 Å². The van der Waals surface area contributed by atoms with Crippen molar-refractivity contribution in [3.8, 4) is 0 Å². The minimum Gasteiger partial charge on any atom is -0.361 e. The number of hydrogen-bond acceptors (Lipinski definition) is 6. The van der Waals surface area contributed by atoms with Gasteiger partial charge in [0.25, 0.3) is 5.91 Å². The quantitative estimate of drug-likeness (QED) is 0.751. The minimum absolute atomic E-state index is 0.000740. The van der Waals surface area contributed by atoms with E-state index in [-0.39, 0.29) is 30.6 Å². The lowest BCUT2D eigenvalue weighted by Crippen LogP contribution is -2.49. The van der Waals surface area contributed by atoms with E-state index in [1.165, 1.54) is 0 Å². The van der Waals surface area contributed by atoms with Crippen molar-refractivity contribution in [3.63, 3.8) is 0 Å². The number of hydrogen-bond donors (Lipinski definition) is 2. The summed E-state index contributed by atoms with van der Waals surface area (Å²) in [5.74, 6) is 0.234. The van der Waals surface area contributed by atoms with Crippen molar-refractivity contribution in [2.75, 3.05) is 31.5 Å². The monoisotopic (exact) mass is 425 g/mol. The fourth-order valence-electron chi connectivity index (χ4n) is 4.05. The largest absolute Gasteiger partial charge is 0.361 e. The van der Waals surface area contributed by atoms with Crippen LogP contribution in [0.5, 0.6) is 0 Å². The molecule has 1 atom stereocenters. The van der Waals surface area contributed by atoms with E-state index < -0.39 is 6.04 Å². The van der Waals surface area contributed by atoms with Crippen molar-refractivity contribution in [3.05, 3.63) is 46.8 Å². The van der Waals surface area contributed by atoms with Crippen molar-refractivity contribution < 1.29 is 18.9 Å². The molecule has 1 fully saturated rings. The van der Waals surface area contributed by atoms with E-state index in [2.05, 4.69) is 20.7 Å². The SMILES string of the molecule is Cc1noc(C)c1CN1CCN(C(=O)CC[C@@H]2NC(=O)c3ccccc3NC2=O)CC1. The first-order valence-electron chi connectivity index (χ1n) is 10.5. The smallest absolute Gasteiger partial charge is 0.254 e. The number of nitrogens with zero attached hydrogens (tertiary/aromatic N) is 3. The van der Waals surface area contributed by atoms with Crippen LogP contribution >= 0.6 is 0 Å². The fraction of sp³-hybridized carbons (Fsp3) is 0.455. The number of rotatable bonds is 5. The van der Waals surface area contributed by atoms with Gasteiger partial charge in [0.1, 0.15) is 11.8 Å². The van der Waals surface area contributed by atoms with Gasteiger partial charge in [-0.2, -0.15) is 0 Å². The van der Waals surface area contributed by atoms with E-state index in [0.717, 1.165) is 36.7 Å². The Hall–Kier alpha value is -3.20. The second-order valence-corrected chi connectivity index (χ2v) is 8.06. The second kappa shape index (κ2) is 8.89. The number of aryl methyl sites for hydroxylation is 2. The highest BCUT2D eigenvalue weighted by Crippen LogP contribution is 2.20. The maximum Gasteiger partial charge on any atom is 0.254 e. The second-order valence-electron chi connectivity index (χ2n) is 8.06. The van der Waals surface area contributed by atoms with E-state index >= 15 is 0 Å². The van der Waals surface area contributed by atoms with Gasteiger partial charge in [0.15, 0.2) is 0 Å². The van der Waals surface area contributed by atoms with E-state index in [1.54, 1.807) is 24.3 Å². The molecule has 2 aliphatic rings. The summed E-state index contributed by atoms with van der Waals surface area (Å²) in [5.41, 5.74) is 2.94. The number of carbonyl (C=O) groups excluding carboxylic acids is 3. The molecule has 3 heterocycles. The van der Waals surface area contributed by atoms with E-state index in [4.69, 9.17) is 4.52 Å². The molecule has 0 spiro atoms. The van der Waals surface area contributed by atoms with Crippen LogP contribution in [-0.4, -0.2) is 64.9 Å². The maximum atomic E-state index is 12.7. The van der Waals surface area contributed by atoms with Crippen LogP contribution in [0, 0.1) is 13.8 Å². The van der Waals surface area contributed by atoms with Gasteiger partial charge in [-0.1, -0.05) is 17.3 Å². The first-order chi connectivity index (χ1) is 14.9. The average Bonchev–Trinajstić information content (AvgIpc) is 3.02. The highest BCUT2D eigenvalue weighted by atomic mass is 16.5. The maximum absolute atomic E-state index is 12.7. The van der Waals surface area contributed by atoms with Crippen LogP contribution in [0.25, 0.3) is 0 Å². The van der Waals surface area contributed by atoms with Gasteiger partial charge in [-0.3, -0.25) is 19.3 Å². The zero-order valence-corrected chi connectivity index (χ0v) is 17.8. The Balaban J connectivity index is 1.27. The Morgan fingerprint density at radius 2 is 1.90 bits per heavy atom. The van der Waals surface area contributed by atoms with Crippen LogP contribution in [0.3, 0.4) is 0 Å². The highest BCUT2D eigenvalue weighted by Gasteiger charge is 2.29. The van der Waals surface area contributed by atoms with Gasteiger partial charge < -0.3 is 20.1 Å². The Morgan fingerprint density at radius 1 is 1.16 bits per heavy atom. The minimum atomic E-state index is -0.732. The van der Waals surface area contributed by atoms with Crippen molar-refractivity contribution in [1.82, 2.24) is 20.3 Å². The van der Waals surface area contributed by atoms with Crippen molar-refractivity contribution in [2.45, 2.75) is 39.3 Å². The summed E-state index contributed by atoms with van der Waals surface area (Å²) in [5, 5.41) is 9.51. The molecule has 0 bridgehead atoms. The number of anilines is 1. The molecule has 1 aromatic heterocycles. The Kier molecular flexibility index (Phi) is 6.03. The summed E-state index contributed by atoms with van der Waals surface area (Å²) in [6.07, 6.45) is 0.474. The molecule has 1 saturated heterocycles. The number of fused-ring (bicyclic) bond motifs is 1. The highest BCUT2D eigenvalue weighted by molar-refractivity contribution is 6.09. The molecule has 0 radical (unpaired) electrons. The van der Waals surface area contributed by atoms with Crippen molar-refractivity contribution >= 4 is 23.4 Å². The lowest BCUT2D eigenvalue weighted by molar-refractivity contribution is -0.133. The summed E-state index contributed by atoms with van der Waals surface area (Å²) in [4.78, 5) is 41.7. The molecule has 2 aromatic rings. The lowest BCUT2D eigenvalue weighted by Gasteiger charge is -2.35. The Morgan fingerprint density at radius 3 is 2.61 bits per heavy atom. The van der Waals surface area contributed by atoms with Gasteiger partial charge in [-0.15, -0.1) is 0 Å². The number of aromatic nitrogens is 1. The molecule has 0 aliphatic carbocycles. The Bertz CT molecular complexity index is 974. The molecular formula is C22H27N5O4. The number of carbonyl (C=O) groups is 3. The molecule has 164 valence electrons. The third-order valence-corrected chi connectivity index (χ3v) is 5.99. The average molecular weight is 425 g/mol. The normalized spacial score (nSPS) is 19.4. The van der Waals surface area contributed by atoms with Crippen LogP contribution < -0.4 is 10.6 Å². The molecule has 2 aliphatic heterocycles. The van der Waals surface area contributed by atoms with Gasteiger partial charge in [0.05, 0.1) is 16.9 Å². The predicted molar refractivity (Wildman–Crippen MR) is 113 cm³/mol. The standard InChI is InChI=1S/C22H27N5O4/c1-14-17(15(2)31-25-14)13-26-9-11-27(12-10-26)20(28)8-7-19-22(30)23-18-6-4-3-5-16(18)21(29)24-19/h3-6,19H,7-13H2,1-2H3,(H,23,30)(H,24,29)/t19-/m0/s1. The molecule has 9 heteroatoms. The van der Waals surface area contributed by atoms with E-state index in [1.807, 2.05) is 18.7 Å². The molecule has 0 unspecified atom stereocenters. The van der Waals surface area contributed by atoms with Gasteiger partial charge >= 0.3 is 0 Å². The molecule has 9 nitrogen and oxygen atoms in total. The number of para-hydroxylation sites is 1. The van der Waals surface area contributed by atoms with Gasteiger partial charge in [-0.25, -0.2) is 0 Å². The summed E-state index contributed by atoms with van der Waals surface area (Å²) in [7, 11) is 0. The third kappa shape index (κ3) is 4.61. The molecular weight excluding hydrogens is 398 g/mol. The van der Waals surface area contributed by atoms with Crippen LogP contribution in [0.15, 0.2) is 28.8 Å². The molecule has 4 rings (SSSR count). The van der Waals surface area contributed by atoms with Crippen LogP contribution in [-0.2, 0) is 16.1 Å². The summed E-state index contributed by atoms with van der Waals surface area (Å²) in [6.45, 7) is 7.42. The lowest BCUT2D eigenvalue weighted by atomic mass is 10.1. The third-order valence-electron chi connectivity index (χ3n) is 5.99. The molecule has 2 N–H and O–H groups in total. The summed E-state index contributed by atoms with van der Waals surface area (Å²) in [6, 6.07) is 6.15.